The normalized spacial score (nSPS) is 10.8. The van der Waals surface area contributed by atoms with Crippen LogP contribution in [0.2, 0.25) is 0 Å². The van der Waals surface area contributed by atoms with Crippen LogP contribution in [0.25, 0.3) is 10.9 Å². The Labute approximate surface area is 142 Å². The maximum atomic E-state index is 11.4. The van der Waals surface area contributed by atoms with Crippen molar-refractivity contribution in [1.29, 1.82) is 0 Å². The molecule has 3 aromatic rings. The minimum Gasteiger partial charge on any atom is -0.492 e. The van der Waals surface area contributed by atoms with E-state index in [9.17, 15) is 4.79 Å². The Morgan fingerprint density at radius 1 is 1.08 bits per heavy atom. The molecule has 24 heavy (non-hydrogen) atoms. The fourth-order valence-electron chi connectivity index (χ4n) is 2.99. The van der Waals surface area contributed by atoms with Gasteiger partial charge in [-0.15, -0.1) is 0 Å². The van der Waals surface area contributed by atoms with Crippen LogP contribution in [0.4, 0.5) is 5.69 Å². The van der Waals surface area contributed by atoms with Crippen LogP contribution in [0.5, 0.6) is 5.75 Å². The highest BCUT2D eigenvalue weighted by atomic mass is 16.5. The van der Waals surface area contributed by atoms with E-state index in [4.69, 9.17) is 4.74 Å². The van der Waals surface area contributed by atoms with Crippen LogP contribution in [0, 0.1) is 6.92 Å². The molecule has 0 amide bonds. The van der Waals surface area contributed by atoms with Gasteiger partial charge in [-0.05, 0) is 37.3 Å². The van der Waals surface area contributed by atoms with Gasteiger partial charge in [-0.3, -0.25) is 4.79 Å². The second-order valence-electron chi connectivity index (χ2n) is 6.02. The van der Waals surface area contributed by atoms with Crippen LogP contribution in [-0.2, 0) is 6.54 Å². The Kier molecular flexibility index (Phi) is 4.56. The Hall–Kier alpha value is -2.75. The maximum Gasteiger partial charge on any atom is 0.152 e. The second-order valence-corrected chi connectivity index (χ2v) is 6.02. The third kappa shape index (κ3) is 3.00. The Morgan fingerprint density at radius 3 is 2.46 bits per heavy atom. The molecular weight excluding hydrogens is 300 g/mol. The van der Waals surface area contributed by atoms with Crippen molar-refractivity contribution in [1.82, 2.24) is 4.57 Å². The van der Waals surface area contributed by atoms with Crippen molar-refractivity contribution in [2.24, 2.45) is 0 Å². The summed E-state index contributed by atoms with van der Waals surface area (Å²) in [5, 5.41) is 1.00. The molecule has 3 rings (SSSR count). The van der Waals surface area contributed by atoms with Crippen LogP contribution < -0.4 is 9.64 Å². The molecule has 0 N–H and O–H groups in total. The van der Waals surface area contributed by atoms with Gasteiger partial charge in [0.25, 0.3) is 0 Å². The Morgan fingerprint density at radius 2 is 1.79 bits per heavy atom. The number of carbonyl (C=O) groups is 1. The lowest BCUT2D eigenvalue weighted by atomic mass is 10.1. The first-order valence-electron chi connectivity index (χ1n) is 8.05. The minimum atomic E-state index is 0.555. The first-order valence-corrected chi connectivity index (χ1v) is 8.05. The zero-order valence-corrected chi connectivity index (χ0v) is 14.3. The number of para-hydroxylation sites is 1. The quantitative estimate of drug-likeness (QED) is 0.645. The minimum absolute atomic E-state index is 0.555. The van der Waals surface area contributed by atoms with Crippen molar-refractivity contribution in [3.63, 3.8) is 0 Å². The van der Waals surface area contributed by atoms with E-state index in [0.29, 0.717) is 13.2 Å². The molecule has 4 nitrogen and oxygen atoms in total. The zero-order valence-electron chi connectivity index (χ0n) is 14.3. The molecular formula is C20H22N2O2. The van der Waals surface area contributed by atoms with E-state index in [-0.39, 0.29) is 0 Å². The molecule has 124 valence electrons. The predicted molar refractivity (Wildman–Crippen MR) is 98.3 cm³/mol. The van der Waals surface area contributed by atoms with E-state index >= 15 is 0 Å². The molecule has 0 bridgehead atoms. The number of nitrogens with zero attached hydrogens (tertiary/aromatic N) is 2. The SMILES string of the molecule is Cc1c(C=O)c2ccccc2n1CCOc1ccc(N(C)C)cc1. The summed E-state index contributed by atoms with van der Waals surface area (Å²) in [7, 11) is 4.03. The molecule has 0 aliphatic carbocycles. The number of aromatic nitrogens is 1. The third-order valence-corrected chi connectivity index (χ3v) is 4.33. The average molecular weight is 322 g/mol. The van der Waals surface area contributed by atoms with Gasteiger partial charge in [0.05, 0.1) is 6.54 Å². The lowest BCUT2D eigenvalue weighted by Gasteiger charge is -2.14. The largest absolute Gasteiger partial charge is 0.492 e. The van der Waals surface area contributed by atoms with E-state index < -0.39 is 0 Å². The standard InChI is InChI=1S/C20H22N2O2/c1-15-19(14-23)18-6-4-5-7-20(18)22(15)12-13-24-17-10-8-16(9-11-17)21(2)3/h4-11,14H,12-13H2,1-3H3. The summed E-state index contributed by atoms with van der Waals surface area (Å²) in [6.07, 6.45) is 0.939. The highest BCUT2D eigenvalue weighted by Crippen LogP contribution is 2.24. The van der Waals surface area contributed by atoms with Gasteiger partial charge in [0.2, 0.25) is 0 Å². The molecule has 0 spiro atoms. The van der Waals surface area contributed by atoms with Crippen LogP contribution in [0.3, 0.4) is 0 Å². The van der Waals surface area contributed by atoms with Crippen LogP contribution >= 0.6 is 0 Å². The molecule has 0 radical (unpaired) electrons. The summed E-state index contributed by atoms with van der Waals surface area (Å²) < 4.78 is 8.01. The Balaban J connectivity index is 1.74. The van der Waals surface area contributed by atoms with Gasteiger partial charge in [0.15, 0.2) is 6.29 Å². The van der Waals surface area contributed by atoms with Crippen molar-refractivity contribution in [3.8, 4) is 5.75 Å². The molecule has 0 aliphatic heterocycles. The molecule has 0 aliphatic rings. The summed E-state index contributed by atoms with van der Waals surface area (Å²) in [5.41, 5.74) is 3.97. The highest BCUT2D eigenvalue weighted by Gasteiger charge is 2.12. The monoisotopic (exact) mass is 322 g/mol. The number of aldehydes is 1. The number of ether oxygens (including phenoxy) is 1. The molecule has 1 heterocycles. The molecule has 4 heteroatoms. The molecule has 0 saturated carbocycles. The molecule has 0 unspecified atom stereocenters. The fraction of sp³-hybridized carbons (Fsp3) is 0.250. The van der Waals surface area contributed by atoms with E-state index in [1.165, 1.54) is 0 Å². The summed E-state index contributed by atoms with van der Waals surface area (Å²) in [6.45, 7) is 3.24. The zero-order chi connectivity index (χ0) is 17.1. The van der Waals surface area contributed by atoms with Crippen molar-refractivity contribution in [2.75, 3.05) is 25.6 Å². The third-order valence-electron chi connectivity index (χ3n) is 4.33. The lowest BCUT2D eigenvalue weighted by molar-refractivity contribution is 0.112. The second kappa shape index (κ2) is 6.79. The fourth-order valence-corrected chi connectivity index (χ4v) is 2.99. The van der Waals surface area contributed by atoms with Gasteiger partial charge in [0.1, 0.15) is 12.4 Å². The molecule has 1 aromatic heterocycles. The summed E-state index contributed by atoms with van der Waals surface area (Å²) in [6, 6.07) is 16.0. The van der Waals surface area contributed by atoms with Gasteiger partial charge in [0, 0.05) is 41.9 Å². The van der Waals surface area contributed by atoms with Crippen LogP contribution in [-0.4, -0.2) is 31.6 Å². The van der Waals surface area contributed by atoms with E-state index in [1.807, 2.05) is 69.6 Å². The van der Waals surface area contributed by atoms with Crippen LogP contribution in [0.15, 0.2) is 48.5 Å². The van der Waals surface area contributed by atoms with Gasteiger partial charge >= 0.3 is 0 Å². The highest BCUT2D eigenvalue weighted by molar-refractivity contribution is 5.99. The van der Waals surface area contributed by atoms with E-state index in [1.54, 1.807) is 0 Å². The summed E-state index contributed by atoms with van der Waals surface area (Å²) in [4.78, 5) is 13.4. The van der Waals surface area contributed by atoms with Crippen molar-refractivity contribution in [2.45, 2.75) is 13.5 Å². The number of benzene rings is 2. The van der Waals surface area contributed by atoms with Gasteiger partial charge in [-0.1, -0.05) is 18.2 Å². The predicted octanol–water partition coefficient (Wildman–Crippen LogP) is 3.91. The lowest BCUT2D eigenvalue weighted by Crippen LogP contribution is -2.10. The average Bonchev–Trinajstić information content (AvgIpc) is 2.87. The number of rotatable bonds is 6. The first-order chi connectivity index (χ1) is 11.6. The van der Waals surface area contributed by atoms with Crippen molar-refractivity contribution >= 4 is 22.9 Å². The number of hydrogen-bond acceptors (Lipinski definition) is 3. The van der Waals surface area contributed by atoms with Crippen molar-refractivity contribution < 1.29 is 9.53 Å². The van der Waals surface area contributed by atoms with Crippen LogP contribution in [0.1, 0.15) is 16.1 Å². The first kappa shape index (κ1) is 16.1. The van der Waals surface area contributed by atoms with Gasteiger partial charge in [-0.2, -0.15) is 0 Å². The molecule has 2 aromatic carbocycles. The number of anilines is 1. The van der Waals surface area contributed by atoms with Crippen molar-refractivity contribution in [3.05, 3.63) is 59.8 Å². The Bertz CT molecular complexity index is 848. The summed E-state index contributed by atoms with van der Waals surface area (Å²) in [5.74, 6) is 0.852. The summed E-state index contributed by atoms with van der Waals surface area (Å²) >= 11 is 0. The van der Waals surface area contributed by atoms with Gasteiger partial charge < -0.3 is 14.2 Å². The smallest absolute Gasteiger partial charge is 0.152 e. The maximum absolute atomic E-state index is 11.4. The topological polar surface area (TPSA) is 34.5 Å². The molecule has 0 atom stereocenters. The molecule has 0 fully saturated rings. The molecule has 0 saturated heterocycles. The number of fused-ring (bicyclic) bond motifs is 1. The number of hydrogen-bond donors (Lipinski definition) is 0. The van der Waals surface area contributed by atoms with E-state index in [0.717, 1.165) is 39.9 Å². The van der Waals surface area contributed by atoms with Gasteiger partial charge in [-0.25, -0.2) is 0 Å². The number of carbonyl (C=O) groups excluding carboxylic acids is 1. The van der Waals surface area contributed by atoms with E-state index in [2.05, 4.69) is 9.47 Å².